The molecule has 0 radical (unpaired) electrons. The molecule has 6 heteroatoms. The molecule has 0 aliphatic heterocycles. The summed E-state index contributed by atoms with van der Waals surface area (Å²) in [7, 11) is 3.26. The molecule has 6 nitrogen and oxygen atoms in total. The molecule has 19 heavy (non-hydrogen) atoms. The zero-order valence-electron chi connectivity index (χ0n) is 11.9. The van der Waals surface area contributed by atoms with E-state index in [9.17, 15) is 0 Å². The van der Waals surface area contributed by atoms with Crippen molar-refractivity contribution in [1.29, 1.82) is 0 Å². The predicted molar refractivity (Wildman–Crippen MR) is 72.3 cm³/mol. The Kier molecular flexibility index (Phi) is 8.04. The Bertz CT molecular complexity index is 350. The highest BCUT2D eigenvalue weighted by molar-refractivity contribution is 5.21. The third kappa shape index (κ3) is 5.50. The molecule has 0 amide bonds. The molecule has 0 aromatic carbocycles. The molecule has 0 spiro atoms. The van der Waals surface area contributed by atoms with E-state index in [-0.39, 0.29) is 6.04 Å². The summed E-state index contributed by atoms with van der Waals surface area (Å²) in [4.78, 5) is 8.53. The van der Waals surface area contributed by atoms with Gasteiger partial charge in [0.05, 0.1) is 26.4 Å². The van der Waals surface area contributed by atoms with Gasteiger partial charge in [-0.05, 0) is 13.0 Å². The fourth-order valence-electron chi connectivity index (χ4n) is 1.76. The molecule has 1 unspecified atom stereocenters. The van der Waals surface area contributed by atoms with Crippen LogP contribution in [0.2, 0.25) is 0 Å². The van der Waals surface area contributed by atoms with Crippen molar-refractivity contribution in [3.8, 4) is 5.88 Å². The summed E-state index contributed by atoms with van der Waals surface area (Å²) in [6.45, 7) is 4.76. The van der Waals surface area contributed by atoms with Crippen LogP contribution in [0.1, 0.15) is 25.1 Å². The lowest BCUT2D eigenvalue weighted by Crippen LogP contribution is -2.24. The van der Waals surface area contributed by atoms with Crippen molar-refractivity contribution in [1.82, 2.24) is 15.3 Å². The van der Waals surface area contributed by atoms with Gasteiger partial charge in [-0.25, -0.2) is 4.98 Å². The van der Waals surface area contributed by atoms with Gasteiger partial charge in [0.2, 0.25) is 5.88 Å². The van der Waals surface area contributed by atoms with Crippen molar-refractivity contribution < 1.29 is 14.2 Å². The minimum atomic E-state index is 0.0798. The quantitative estimate of drug-likeness (QED) is 0.644. The topological polar surface area (TPSA) is 65.5 Å². The van der Waals surface area contributed by atoms with Crippen molar-refractivity contribution in [2.45, 2.75) is 19.4 Å². The molecule has 1 aromatic rings. The van der Waals surface area contributed by atoms with Crippen LogP contribution in [-0.2, 0) is 9.47 Å². The molecule has 0 bridgehead atoms. The van der Waals surface area contributed by atoms with Crippen LogP contribution in [0.5, 0.6) is 5.88 Å². The highest BCUT2D eigenvalue weighted by Crippen LogP contribution is 2.22. The zero-order chi connectivity index (χ0) is 13.9. The normalized spacial score (nSPS) is 12.4. The Balaban J connectivity index is 2.55. The average molecular weight is 269 g/mol. The fraction of sp³-hybridized carbons (Fsp3) is 0.692. The molecule has 0 aliphatic rings. The van der Waals surface area contributed by atoms with E-state index in [1.807, 2.05) is 0 Å². The van der Waals surface area contributed by atoms with Gasteiger partial charge in [0.25, 0.3) is 0 Å². The van der Waals surface area contributed by atoms with Gasteiger partial charge in [0.1, 0.15) is 5.69 Å². The van der Waals surface area contributed by atoms with Crippen LogP contribution in [0.4, 0.5) is 0 Å². The van der Waals surface area contributed by atoms with Gasteiger partial charge in [-0.15, -0.1) is 0 Å². The summed E-state index contributed by atoms with van der Waals surface area (Å²) < 4.78 is 15.7. The molecule has 1 rings (SSSR count). The summed E-state index contributed by atoms with van der Waals surface area (Å²) >= 11 is 0. The molecule has 1 heterocycles. The van der Waals surface area contributed by atoms with Crippen molar-refractivity contribution >= 4 is 0 Å². The number of methoxy groups -OCH3 is 2. The Labute approximate surface area is 114 Å². The van der Waals surface area contributed by atoms with Crippen LogP contribution in [0.3, 0.4) is 0 Å². The first-order valence-electron chi connectivity index (χ1n) is 6.48. The van der Waals surface area contributed by atoms with Crippen LogP contribution >= 0.6 is 0 Å². The SMILES string of the molecule is CCNC(CCOCCOC)c1nccnc1OC. The predicted octanol–water partition coefficient (Wildman–Crippen LogP) is 1.19. The van der Waals surface area contributed by atoms with E-state index >= 15 is 0 Å². The van der Waals surface area contributed by atoms with Gasteiger partial charge < -0.3 is 19.5 Å². The lowest BCUT2D eigenvalue weighted by atomic mass is 10.1. The smallest absolute Gasteiger partial charge is 0.236 e. The standard InChI is InChI=1S/C13H23N3O3/c1-4-14-11(5-8-19-10-9-17-2)12-13(18-3)16-7-6-15-12/h6-7,11,14H,4-5,8-10H2,1-3H3. The van der Waals surface area contributed by atoms with Gasteiger partial charge in [-0.2, -0.15) is 0 Å². The largest absolute Gasteiger partial charge is 0.480 e. The van der Waals surface area contributed by atoms with Gasteiger partial charge in [-0.1, -0.05) is 6.92 Å². The number of hydrogen-bond acceptors (Lipinski definition) is 6. The summed E-state index contributed by atoms with van der Waals surface area (Å²) in [6, 6.07) is 0.0798. The maximum absolute atomic E-state index is 5.49. The summed E-state index contributed by atoms with van der Waals surface area (Å²) in [6.07, 6.45) is 4.11. The van der Waals surface area contributed by atoms with E-state index in [0.717, 1.165) is 18.7 Å². The second-order valence-electron chi connectivity index (χ2n) is 3.95. The maximum atomic E-state index is 5.49. The minimum absolute atomic E-state index is 0.0798. The molecule has 0 saturated heterocycles. The molecule has 0 saturated carbocycles. The summed E-state index contributed by atoms with van der Waals surface area (Å²) in [5, 5.41) is 3.37. The summed E-state index contributed by atoms with van der Waals surface area (Å²) in [5.74, 6) is 0.561. The number of nitrogens with one attached hydrogen (secondary N) is 1. The van der Waals surface area contributed by atoms with Crippen molar-refractivity contribution in [3.63, 3.8) is 0 Å². The number of rotatable bonds is 10. The minimum Gasteiger partial charge on any atom is -0.480 e. The van der Waals surface area contributed by atoms with E-state index in [1.54, 1.807) is 26.6 Å². The van der Waals surface area contributed by atoms with Crippen LogP contribution in [0.25, 0.3) is 0 Å². The lowest BCUT2D eigenvalue weighted by molar-refractivity contribution is 0.0655. The van der Waals surface area contributed by atoms with E-state index in [4.69, 9.17) is 14.2 Å². The van der Waals surface area contributed by atoms with E-state index in [1.165, 1.54) is 0 Å². The Hall–Kier alpha value is -1.24. The first-order chi connectivity index (χ1) is 9.33. The van der Waals surface area contributed by atoms with Crippen molar-refractivity contribution in [2.24, 2.45) is 0 Å². The van der Waals surface area contributed by atoms with Gasteiger partial charge >= 0.3 is 0 Å². The maximum Gasteiger partial charge on any atom is 0.236 e. The fourth-order valence-corrected chi connectivity index (χ4v) is 1.76. The number of nitrogens with zero attached hydrogens (tertiary/aromatic N) is 2. The molecular formula is C13H23N3O3. The van der Waals surface area contributed by atoms with E-state index < -0.39 is 0 Å². The highest BCUT2D eigenvalue weighted by atomic mass is 16.5. The van der Waals surface area contributed by atoms with E-state index in [2.05, 4.69) is 22.2 Å². The average Bonchev–Trinajstić information content (AvgIpc) is 2.46. The van der Waals surface area contributed by atoms with Crippen LogP contribution < -0.4 is 10.1 Å². The molecule has 0 fully saturated rings. The van der Waals surface area contributed by atoms with Crippen LogP contribution in [0, 0.1) is 0 Å². The Morgan fingerprint density at radius 1 is 1.16 bits per heavy atom. The van der Waals surface area contributed by atoms with Crippen LogP contribution in [0.15, 0.2) is 12.4 Å². The molecule has 1 N–H and O–H groups in total. The zero-order valence-corrected chi connectivity index (χ0v) is 11.9. The molecule has 0 aliphatic carbocycles. The second kappa shape index (κ2) is 9.66. The van der Waals surface area contributed by atoms with Crippen molar-refractivity contribution in [3.05, 3.63) is 18.1 Å². The van der Waals surface area contributed by atoms with Crippen LogP contribution in [-0.4, -0.2) is 50.6 Å². The first-order valence-corrected chi connectivity index (χ1v) is 6.48. The molecule has 1 atom stereocenters. The lowest BCUT2D eigenvalue weighted by Gasteiger charge is -2.18. The highest BCUT2D eigenvalue weighted by Gasteiger charge is 2.17. The Morgan fingerprint density at radius 3 is 2.63 bits per heavy atom. The first kappa shape index (κ1) is 15.8. The number of hydrogen-bond donors (Lipinski definition) is 1. The second-order valence-corrected chi connectivity index (χ2v) is 3.95. The molecule has 1 aromatic heterocycles. The van der Waals surface area contributed by atoms with Gasteiger partial charge in [0.15, 0.2) is 0 Å². The third-order valence-electron chi connectivity index (χ3n) is 2.65. The van der Waals surface area contributed by atoms with E-state index in [0.29, 0.717) is 25.7 Å². The number of aromatic nitrogens is 2. The van der Waals surface area contributed by atoms with Crippen molar-refractivity contribution in [2.75, 3.05) is 40.6 Å². The van der Waals surface area contributed by atoms with Gasteiger partial charge in [-0.3, -0.25) is 4.98 Å². The Morgan fingerprint density at radius 2 is 1.95 bits per heavy atom. The summed E-state index contributed by atoms with van der Waals surface area (Å²) in [5.41, 5.74) is 0.821. The molecular weight excluding hydrogens is 246 g/mol. The number of ether oxygens (including phenoxy) is 3. The van der Waals surface area contributed by atoms with Gasteiger partial charge in [0, 0.05) is 26.1 Å². The molecule has 108 valence electrons. The monoisotopic (exact) mass is 269 g/mol. The third-order valence-corrected chi connectivity index (χ3v) is 2.65.